The second-order valence-corrected chi connectivity index (χ2v) is 11.3. The maximum atomic E-state index is 14.2. The van der Waals surface area contributed by atoms with E-state index in [1.54, 1.807) is 41.3 Å². The van der Waals surface area contributed by atoms with Crippen molar-refractivity contribution >= 4 is 49.8 Å². The van der Waals surface area contributed by atoms with Gasteiger partial charge in [-0.1, -0.05) is 47.5 Å². The number of hydrogen-bond donors (Lipinski definition) is 1. The molecule has 4 aromatic rings. The molecule has 0 unspecified atom stereocenters. The van der Waals surface area contributed by atoms with E-state index < -0.39 is 15.7 Å². The van der Waals surface area contributed by atoms with Crippen molar-refractivity contribution in [1.82, 2.24) is 14.8 Å². The molecule has 1 aliphatic heterocycles. The van der Waals surface area contributed by atoms with Gasteiger partial charge in [-0.05, 0) is 42.5 Å². The van der Waals surface area contributed by atoms with Crippen molar-refractivity contribution in [3.8, 4) is 0 Å². The summed E-state index contributed by atoms with van der Waals surface area (Å²) >= 11 is 12.1. The highest BCUT2D eigenvalue weighted by Gasteiger charge is 2.33. The Labute approximate surface area is 218 Å². The van der Waals surface area contributed by atoms with Gasteiger partial charge in [0.05, 0.1) is 4.90 Å². The van der Waals surface area contributed by atoms with Gasteiger partial charge in [0.15, 0.2) is 0 Å². The van der Waals surface area contributed by atoms with Crippen LogP contribution in [0.2, 0.25) is 10.0 Å². The number of H-pyrrole nitrogens is 1. The van der Waals surface area contributed by atoms with Gasteiger partial charge in [-0.15, -0.1) is 0 Å². The number of sulfone groups is 1. The van der Waals surface area contributed by atoms with Crippen LogP contribution in [0, 0.1) is 5.82 Å². The van der Waals surface area contributed by atoms with Crippen molar-refractivity contribution < 1.29 is 17.6 Å². The van der Waals surface area contributed by atoms with Crippen LogP contribution in [-0.2, 0) is 16.4 Å². The van der Waals surface area contributed by atoms with E-state index in [-0.39, 0.29) is 21.3 Å². The number of piperazine rings is 1. The number of rotatable bonds is 5. The molecule has 0 saturated carbocycles. The lowest BCUT2D eigenvalue weighted by Crippen LogP contribution is -2.48. The molecular weight excluding hydrogens is 524 g/mol. The summed E-state index contributed by atoms with van der Waals surface area (Å²) in [7, 11) is -4.02. The molecule has 1 N–H and O–H groups in total. The number of nitrogens with one attached hydrogen (secondary N) is 1. The first-order chi connectivity index (χ1) is 17.3. The van der Waals surface area contributed by atoms with Crippen molar-refractivity contribution in [2.24, 2.45) is 0 Å². The van der Waals surface area contributed by atoms with Crippen molar-refractivity contribution in [3.05, 3.63) is 93.8 Å². The molecule has 1 aliphatic rings. The Morgan fingerprint density at radius 2 is 1.61 bits per heavy atom. The molecule has 5 rings (SSSR count). The molecule has 10 heteroatoms. The van der Waals surface area contributed by atoms with Crippen molar-refractivity contribution in [2.45, 2.75) is 16.3 Å². The van der Waals surface area contributed by atoms with Crippen LogP contribution in [0.4, 0.5) is 4.39 Å². The molecule has 1 fully saturated rings. The first-order valence-electron chi connectivity index (χ1n) is 11.3. The topological polar surface area (TPSA) is 73.5 Å². The Morgan fingerprint density at radius 3 is 2.31 bits per heavy atom. The number of nitrogens with zero attached hydrogens (tertiary/aromatic N) is 2. The van der Waals surface area contributed by atoms with Gasteiger partial charge >= 0.3 is 0 Å². The lowest BCUT2D eigenvalue weighted by molar-refractivity contribution is 0.0618. The standard InChI is InChI=1S/C26H22Cl2FN3O3S/c27-17-8-10-18(11-9-17)36(34,35)25-19-4-1-2-7-23(19)30-24(25)26(33)32-14-12-31(13-15-32)16-20-21(28)5-3-6-22(20)29/h1-11,30H,12-16H2. The van der Waals surface area contributed by atoms with E-state index in [0.717, 1.165) is 0 Å². The van der Waals surface area contributed by atoms with E-state index in [0.29, 0.717) is 59.2 Å². The van der Waals surface area contributed by atoms with Gasteiger partial charge in [-0.2, -0.15) is 0 Å². The number of hydrogen-bond acceptors (Lipinski definition) is 4. The SMILES string of the molecule is O=C(c1[nH]c2ccccc2c1S(=O)(=O)c1ccc(Cl)cc1)N1CCN(Cc2c(F)cccc2Cl)CC1. The molecule has 0 aliphatic carbocycles. The largest absolute Gasteiger partial charge is 0.349 e. The fraction of sp³-hybridized carbons (Fsp3) is 0.192. The minimum atomic E-state index is -4.02. The van der Waals surface area contributed by atoms with Gasteiger partial charge in [0.2, 0.25) is 9.84 Å². The summed E-state index contributed by atoms with van der Waals surface area (Å²) in [6.45, 7) is 2.04. The van der Waals surface area contributed by atoms with Crippen LogP contribution in [0.25, 0.3) is 10.9 Å². The quantitative estimate of drug-likeness (QED) is 0.364. The van der Waals surface area contributed by atoms with Gasteiger partial charge in [-0.3, -0.25) is 9.69 Å². The lowest BCUT2D eigenvalue weighted by Gasteiger charge is -2.34. The van der Waals surface area contributed by atoms with Crippen LogP contribution in [0.3, 0.4) is 0 Å². The average molecular weight is 546 g/mol. The molecule has 1 amide bonds. The molecule has 1 saturated heterocycles. The summed E-state index contributed by atoms with van der Waals surface area (Å²) in [5, 5.41) is 1.23. The number of aromatic amines is 1. The third kappa shape index (κ3) is 4.62. The van der Waals surface area contributed by atoms with Crippen LogP contribution < -0.4 is 0 Å². The van der Waals surface area contributed by atoms with E-state index in [1.165, 1.54) is 30.3 Å². The maximum absolute atomic E-state index is 14.2. The van der Waals surface area contributed by atoms with Gasteiger partial charge < -0.3 is 9.88 Å². The molecule has 0 atom stereocenters. The summed E-state index contributed by atoms with van der Waals surface area (Å²) in [5.74, 6) is -0.765. The summed E-state index contributed by atoms with van der Waals surface area (Å²) in [4.78, 5) is 20.3. The smallest absolute Gasteiger partial charge is 0.271 e. The third-order valence-corrected chi connectivity index (χ3v) is 8.83. The van der Waals surface area contributed by atoms with Crippen molar-refractivity contribution in [3.63, 3.8) is 0 Å². The Morgan fingerprint density at radius 1 is 0.917 bits per heavy atom. The zero-order valence-electron chi connectivity index (χ0n) is 19.0. The summed E-state index contributed by atoms with van der Waals surface area (Å²) in [5.41, 5.74) is 1.00. The minimum Gasteiger partial charge on any atom is -0.349 e. The van der Waals surface area contributed by atoms with E-state index >= 15 is 0 Å². The lowest BCUT2D eigenvalue weighted by atomic mass is 10.1. The fourth-order valence-corrected chi connectivity index (χ4v) is 6.41. The minimum absolute atomic E-state index is 0.0248. The molecule has 6 nitrogen and oxygen atoms in total. The number of halogens is 3. The first-order valence-corrected chi connectivity index (χ1v) is 13.6. The number of carbonyl (C=O) groups excluding carboxylic acids is 1. The van der Waals surface area contributed by atoms with E-state index in [9.17, 15) is 17.6 Å². The van der Waals surface area contributed by atoms with Gasteiger partial charge in [0.1, 0.15) is 16.4 Å². The number of para-hydroxylation sites is 1. The monoisotopic (exact) mass is 545 g/mol. The van der Waals surface area contributed by atoms with Crippen molar-refractivity contribution in [2.75, 3.05) is 26.2 Å². The highest BCUT2D eigenvalue weighted by Crippen LogP contribution is 2.33. The average Bonchev–Trinajstić information content (AvgIpc) is 3.27. The highest BCUT2D eigenvalue weighted by atomic mass is 35.5. The second-order valence-electron chi connectivity index (χ2n) is 8.60. The van der Waals surface area contributed by atoms with Crippen molar-refractivity contribution in [1.29, 1.82) is 0 Å². The Balaban J connectivity index is 1.42. The predicted octanol–water partition coefficient (Wildman–Crippen LogP) is 5.40. The maximum Gasteiger partial charge on any atom is 0.271 e. The molecule has 3 aromatic carbocycles. The Bertz CT molecular complexity index is 1530. The third-order valence-electron chi connectivity index (χ3n) is 6.37. The number of aromatic nitrogens is 1. The molecule has 2 heterocycles. The van der Waals surface area contributed by atoms with Gasteiger partial charge in [0, 0.05) is 59.2 Å². The number of carbonyl (C=O) groups is 1. The summed E-state index contributed by atoms with van der Waals surface area (Å²) in [6.07, 6.45) is 0. The van der Waals surface area contributed by atoms with Crippen LogP contribution in [0.15, 0.2) is 76.5 Å². The molecule has 1 aromatic heterocycles. The van der Waals surface area contributed by atoms with E-state index in [4.69, 9.17) is 23.2 Å². The number of fused-ring (bicyclic) bond motifs is 1. The van der Waals surface area contributed by atoms with Crippen LogP contribution in [-0.4, -0.2) is 55.3 Å². The normalized spacial score (nSPS) is 14.9. The van der Waals surface area contributed by atoms with Crippen LogP contribution in [0.5, 0.6) is 0 Å². The molecule has 0 bridgehead atoms. The van der Waals surface area contributed by atoms with Crippen LogP contribution in [0.1, 0.15) is 16.1 Å². The number of benzene rings is 3. The van der Waals surface area contributed by atoms with Gasteiger partial charge in [0.25, 0.3) is 5.91 Å². The van der Waals surface area contributed by atoms with Gasteiger partial charge in [-0.25, -0.2) is 12.8 Å². The zero-order chi connectivity index (χ0) is 25.4. The molecule has 186 valence electrons. The Kier molecular flexibility index (Phi) is 6.78. The molecule has 0 radical (unpaired) electrons. The van der Waals surface area contributed by atoms with Crippen LogP contribution >= 0.6 is 23.2 Å². The second kappa shape index (κ2) is 9.86. The van der Waals surface area contributed by atoms with E-state index in [1.807, 2.05) is 4.90 Å². The Hall–Kier alpha value is -2.91. The molecule has 0 spiro atoms. The zero-order valence-corrected chi connectivity index (χ0v) is 21.4. The molecular formula is C26H22Cl2FN3O3S. The summed E-state index contributed by atoms with van der Waals surface area (Å²) in [6, 6.07) is 17.4. The molecule has 36 heavy (non-hydrogen) atoms. The van der Waals surface area contributed by atoms with E-state index in [2.05, 4.69) is 4.98 Å². The highest BCUT2D eigenvalue weighted by molar-refractivity contribution is 7.91. The first kappa shape index (κ1) is 24.8. The predicted molar refractivity (Wildman–Crippen MR) is 138 cm³/mol. The summed E-state index contributed by atoms with van der Waals surface area (Å²) < 4.78 is 41.5. The fourth-order valence-electron chi connectivity index (χ4n) is 4.45. The number of amides is 1.